The zero-order valence-electron chi connectivity index (χ0n) is 17.2. The summed E-state index contributed by atoms with van der Waals surface area (Å²) < 4.78 is 32.7. The van der Waals surface area contributed by atoms with Crippen molar-refractivity contribution in [3.63, 3.8) is 0 Å². The van der Waals surface area contributed by atoms with E-state index in [-0.39, 0.29) is 23.9 Å². The molecule has 2 heterocycles. The van der Waals surface area contributed by atoms with Crippen LogP contribution in [0.15, 0.2) is 70.9 Å². The molecule has 0 bridgehead atoms. The molecule has 162 valence electrons. The predicted octanol–water partition coefficient (Wildman–Crippen LogP) is 3.78. The van der Waals surface area contributed by atoms with Gasteiger partial charge >= 0.3 is 0 Å². The first kappa shape index (κ1) is 21.5. The number of hydrogen-bond donors (Lipinski definition) is 0. The molecule has 2 aromatic carbocycles. The maximum atomic E-state index is 12.9. The molecule has 0 radical (unpaired) electrons. The first-order valence-corrected chi connectivity index (χ1v) is 12.4. The van der Waals surface area contributed by atoms with E-state index in [4.69, 9.17) is 4.74 Å². The van der Waals surface area contributed by atoms with Crippen LogP contribution in [-0.4, -0.2) is 49.7 Å². The van der Waals surface area contributed by atoms with Crippen molar-refractivity contribution in [2.45, 2.75) is 18.4 Å². The second kappa shape index (κ2) is 9.21. The molecule has 0 atom stereocenters. The molecule has 8 heteroatoms. The van der Waals surface area contributed by atoms with Gasteiger partial charge in [-0.2, -0.15) is 4.31 Å². The molecule has 0 aliphatic carbocycles. The number of sulfonamides is 1. The molecule has 3 aromatic rings. The van der Waals surface area contributed by atoms with Crippen molar-refractivity contribution < 1.29 is 17.9 Å². The van der Waals surface area contributed by atoms with Crippen molar-refractivity contribution in [2.75, 3.05) is 26.2 Å². The fraction of sp³-hybridized carbons (Fsp3) is 0.261. The maximum Gasteiger partial charge on any atom is 0.264 e. The van der Waals surface area contributed by atoms with Gasteiger partial charge in [-0.15, -0.1) is 11.3 Å². The Morgan fingerprint density at radius 3 is 2.35 bits per heavy atom. The molecule has 1 aliphatic rings. The van der Waals surface area contributed by atoms with Crippen LogP contribution in [0.2, 0.25) is 0 Å². The highest BCUT2D eigenvalue weighted by molar-refractivity contribution is 7.89. The summed E-state index contributed by atoms with van der Waals surface area (Å²) in [5.74, 6) is 0.726. The van der Waals surface area contributed by atoms with Crippen molar-refractivity contribution in [3.05, 3.63) is 82.0 Å². The normalized spacial score (nSPS) is 15.1. The second-order valence-electron chi connectivity index (χ2n) is 7.43. The number of aryl methyl sites for hydroxylation is 1. The lowest BCUT2D eigenvalue weighted by Crippen LogP contribution is -2.50. The number of ether oxygens (including phenoxy) is 1. The quantitative estimate of drug-likeness (QED) is 0.566. The number of carbonyl (C=O) groups is 1. The fourth-order valence-corrected chi connectivity index (χ4v) is 5.70. The maximum absolute atomic E-state index is 12.9. The Hall–Kier alpha value is -2.68. The summed E-state index contributed by atoms with van der Waals surface area (Å²) in [5, 5.41) is 1.93. The van der Waals surface area contributed by atoms with E-state index in [2.05, 4.69) is 0 Å². The first-order valence-electron chi connectivity index (χ1n) is 10.0. The third-order valence-electron chi connectivity index (χ3n) is 5.20. The number of carbonyl (C=O) groups excluding carboxylic acids is 1. The molecule has 1 fully saturated rings. The van der Waals surface area contributed by atoms with Crippen LogP contribution >= 0.6 is 11.3 Å². The van der Waals surface area contributed by atoms with Crippen LogP contribution in [0.3, 0.4) is 0 Å². The van der Waals surface area contributed by atoms with E-state index in [1.165, 1.54) is 21.2 Å². The zero-order valence-corrected chi connectivity index (χ0v) is 18.9. The van der Waals surface area contributed by atoms with Crippen LogP contribution < -0.4 is 4.74 Å². The van der Waals surface area contributed by atoms with Crippen molar-refractivity contribution in [3.8, 4) is 5.75 Å². The van der Waals surface area contributed by atoms with E-state index < -0.39 is 10.0 Å². The third-order valence-corrected chi connectivity index (χ3v) is 8.08. The Balaban J connectivity index is 1.33. The lowest BCUT2D eigenvalue weighted by Gasteiger charge is -2.33. The van der Waals surface area contributed by atoms with E-state index in [1.54, 1.807) is 35.2 Å². The Morgan fingerprint density at radius 1 is 1.00 bits per heavy atom. The topological polar surface area (TPSA) is 66.9 Å². The van der Waals surface area contributed by atoms with Gasteiger partial charge in [-0.3, -0.25) is 4.79 Å². The van der Waals surface area contributed by atoms with Gasteiger partial charge in [-0.05, 0) is 42.6 Å². The lowest BCUT2D eigenvalue weighted by atomic mass is 10.2. The van der Waals surface area contributed by atoms with E-state index >= 15 is 0 Å². The SMILES string of the molecule is Cc1ccc(OCc2csc(C(=O)N3CCN(S(=O)(=O)c4ccccc4)CC3)c2)cc1. The van der Waals surface area contributed by atoms with Gasteiger partial charge in [-0.1, -0.05) is 35.9 Å². The third kappa shape index (κ3) is 4.98. The molecular weight excluding hydrogens is 432 g/mol. The van der Waals surface area contributed by atoms with Crippen molar-refractivity contribution >= 4 is 27.3 Å². The molecule has 0 unspecified atom stereocenters. The minimum atomic E-state index is -3.53. The van der Waals surface area contributed by atoms with Crippen LogP contribution in [0.1, 0.15) is 20.8 Å². The van der Waals surface area contributed by atoms with Crippen LogP contribution in [0.4, 0.5) is 0 Å². The molecule has 1 saturated heterocycles. The van der Waals surface area contributed by atoms with Gasteiger partial charge < -0.3 is 9.64 Å². The Bertz CT molecular complexity index is 1130. The van der Waals surface area contributed by atoms with Crippen LogP contribution in [0.25, 0.3) is 0 Å². The number of nitrogens with zero attached hydrogens (tertiary/aromatic N) is 2. The molecule has 1 amide bonds. The average molecular weight is 457 g/mol. The van der Waals surface area contributed by atoms with Gasteiger partial charge in [0.25, 0.3) is 5.91 Å². The fourth-order valence-electron chi connectivity index (χ4n) is 3.39. The van der Waals surface area contributed by atoms with Crippen LogP contribution in [0, 0.1) is 6.92 Å². The minimum Gasteiger partial charge on any atom is -0.489 e. The molecule has 1 aliphatic heterocycles. The number of piperazine rings is 1. The molecule has 4 rings (SSSR count). The van der Waals surface area contributed by atoms with E-state index in [0.717, 1.165) is 11.3 Å². The van der Waals surface area contributed by atoms with Crippen LogP contribution in [0.5, 0.6) is 5.75 Å². The highest BCUT2D eigenvalue weighted by atomic mass is 32.2. The number of thiophene rings is 1. The minimum absolute atomic E-state index is 0.0663. The van der Waals surface area contributed by atoms with Crippen molar-refractivity contribution in [2.24, 2.45) is 0 Å². The van der Waals surface area contributed by atoms with Crippen LogP contribution in [-0.2, 0) is 16.6 Å². The van der Waals surface area contributed by atoms with Gasteiger partial charge in [0.2, 0.25) is 10.0 Å². The number of benzene rings is 2. The highest BCUT2D eigenvalue weighted by Gasteiger charge is 2.30. The molecular formula is C23H24N2O4S2. The Labute approximate surface area is 186 Å². The highest BCUT2D eigenvalue weighted by Crippen LogP contribution is 2.22. The average Bonchev–Trinajstić information content (AvgIpc) is 3.28. The number of amides is 1. The van der Waals surface area contributed by atoms with Crippen molar-refractivity contribution in [1.29, 1.82) is 0 Å². The van der Waals surface area contributed by atoms with Crippen molar-refractivity contribution in [1.82, 2.24) is 9.21 Å². The summed E-state index contributed by atoms with van der Waals surface area (Å²) in [6.07, 6.45) is 0. The van der Waals surface area contributed by atoms with E-state index in [9.17, 15) is 13.2 Å². The molecule has 1 aromatic heterocycles. The summed E-state index contributed by atoms with van der Waals surface area (Å²) in [5.41, 5.74) is 2.12. The molecule has 0 saturated carbocycles. The summed E-state index contributed by atoms with van der Waals surface area (Å²) in [6, 6.07) is 18.1. The predicted molar refractivity (Wildman–Crippen MR) is 121 cm³/mol. The standard InChI is InChI=1S/C23H24N2O4S2/c1-18-7-9-20(10-8-18)29-16-19-15-22(30-17-19)23(26)24-11-13-25(14-12-24)31(27,28)21-5-3-2-4-6-21/h2-10,15,17H,11-14,16H2,1H3. The van der Waals surface area contributed by atoms with E-state index in [0.29, 0.717) is 24.6 Å². The van der Waals surface area contributed by atoms with E-state index in [1.807, 2.05) is 42.6 Å². The monoisotopic (exact) mass is 456 g/mol. The van der Waals surface area contributed by atoms with Gasteiger partial charge in [0.15, 0.2) is 0 Å². The number of hydrogen-bond acceptors (Lipinski definition) is 5. The van der Waals surface area contributed by atoms with Gasteiger partial charge in [-0.25, -0.2) is 8.42 Å². The summed E-state index contributed by atoms with van der Waals surface area (Å²) in [4.78, 5) is 15.5. The summed E-state index contributed by atoms with van der Waals surface area (Å²) >= 11 is 1.39. The smallest absolute Gasteiger partial charge is 0.264 e. The zero-order chi connectivity index (χ0) is 21.8. The van der Waals surface area contributed by atoms with Gasteiger partial charge in [0, 0.05) is 31.7 Å². The molecule has 0 N–H and O–H groups in total. The lowest BCUT2D eigenvalue weighted by molar-refractivity contribution is 0.0702. The number of rotatable bonds is 6. The van der Waals surface area contributed by atoms with Gasteiger partial charge in [0.05, 0.1) is 9.77 Å². The summed E-state index contributed by atoms with van der Waals surface area (Å²) in [6.45, 7) is 3.75. The largest absolute Gasteiger partial charge is 0.489 e. The van der Waals surface area contributed by atoms with Gasteiger partial charge in [0.1, 0.15) is 12.4 Å². The summed E-state index contributed by atoms with van der Waals surface area (Å²) in [7, 11) is -3.53. The first-order chi connectivity index (χ1) is 14.9. The Kier molecular flexibility index (Phi) is 6.41. The second-order valence-corrected chi connectivity index (χ2v) is 10.3. The molecule has 6 nitrogen and oxygen atoms in total. The Morgan fingerprint density at radius 2 is 1.68 bits per heavy atom. The molecule has 0 spiro atoms. The molecule has 31 heavy (non-hydrogen) atoms.